The van der Waals surface area contributed by atoms with Crippen LogP contribution in [-0.4, -0.2) is 10.9 Å². The Balaban J connectivity index is 3.27. The van der Waals surface area contributed by atoms with Gasteiger partial charge in [-0.25, -0.2) is 0 Å². The molecule has 0 heterocycles. The van der Waals surface area contributed by atoms with Crippen molar-refractivity contribution >= 4 is 33.3 Å². The number of carbonyl (C=O) groups excluding carboxylic acids is 1. The molecule has 0 spiro atoms. The van der Waals surface area contributed by atoms with Gasteiger partial charge in [-0.2, -0.15) is 0 Å². The highest BCUT2D eigenvalue weighted by atomic mass is 79.9. The number of hydrogen-bond donors (Lipinski definition) is 1. The first-order valence-corrected chi connectivity index (χ1v) is 5.32. The second-order valence-corrected chi connectivity index (χ2v) is 4.59. The van der Waals surface area contributed by atoms with E-state index in [0.717, 1.165) is 0 Å². The molecule has 0 aromatic heterocycles. The van der Waals surface area contributed by atoms with Gasteiger partial charge in [0.25, 0.3) is 0 Å². The first-order valence-electron chi connectivity index (χ1n) is 4.15. The van der Waals surface area contributed by atoms with Crippen LogP contribution in [0.15, 0.2) is 16.6 Å². The highest BCUT2D eigenvalue weighted by Crippen LogP contribution is 2.32. The predicted molar refractivity (Wildman–Crippen MR) is 60.0 cm³/mol. The lowest BCUT2D eigenvalue weighted by Gasteiger charge is -2.08. The van der Waals surface area contributed by atoms with E-state index in [1.165, 1.54) is 6.07 Å². The molecule has 0 saturated heterocycles. The van der Waals surface area contributed by atoms with E-state index in [4.69, 9.17) is 11.6 Å². The summed E-state index contributed by atoms with van der Waals surface area (Å²) in [6, 6.07) is 3.03. The molecule has 0 fully saturated rings. The Hall–Kier alpha value is -0.540. The number of benzene rings is 1. The molecule has 0 radical (unpaired) electrons. The summed E-state index contributed by atoms with van der Waals surface area (Å²) in [6.07, 6.45) is 0. The highest BCUT2D eigenvalue weighted by molar-refractivity contribution is 9.10. The third-order valence-corrected chi connectivity index (χ3v) is 2.64. The Morgan fingerprint density at radius 2 is 2.07 bits per heavy atom. The Labute approximate surface area is 96.0 Å². The quantitative estimate of drug-likeness (QED) is 0.838. The van der Waals surface area contributed by atoms with Crippen LogP contribution < -0.4 is 0 Å². The molecule has 0 saturated carbocycles. The molecule has 0 atom stereocenters. The van der Waals surface area contributed by atoms with Crippen LogP contribution in [0.5, 0.6) is 5.75 Å². The molecule has 0 bridgehead atoms. The van der Waals surface area contributed by atoms with E-state index < -0.39 is 0 Å². The molecule has 0 aliphatic carbocycles. The maximum absolute atomic E-state index is 11.6. The van der Waals surface area contributed by atoms with Gasteiger partial charge in [0.2, 0.25) is 0 Å². The number of halogens is 2. The molecule has 2 nitrogen and oxygen atoms in total. The van der Waals surface area contributed by atoms with Crippen LogP contribution in [0.2, 0.25) is 5.02 Å². The minimum Gasteiger partial charge on any atom is -0.506 e. The van der Waals surface area contributed by atoms with Crippen LogP contribution >= 0.6 is 27.5 Å². The predicted octanol–water partition coefficient (Wildman–Crippen LogP) is 3.65. The van der Waals surface area contributed by atoms with Crippen molar-refractivity contribution in [3.05, 3.63) is 27.2 Å². The Bertz CT molecular complexity index is 375. The number of phenols is 1. The molecule has 1 aromatic carbocycles. The van der Waals surface area contributed by atoms with E-state index in [9.17, 15) is 9.90 Å². The SMILES string of the molecule is CC(C)C(=O)c1cc(Cl)cc(Br)c1O. The first kappa shape index (κ1) is 11.5. The van der Waals surface area contributed by atoms with Crippen LogP contribution in [0.4, 0.5) is 0 Å². The van der Waals surface area contributed by atoms with Gasteiger partial charge < -0.3 is 5.11 Å². The van der Waals surface area contributed by atoms with Gasteiger partial charge >= 0.3 is 0 Å². The molecular weight excluding hydrogens is 267 g/mol. The number of carbonyl (C=O) groups is 1. The summed E-state index contributed by atoms with van der Waals surface area (Å²) in [7, 11) is 0. The molecule has 14 heavy (non-hydrogen) atoms. The van der Waals surface area contributed by atoms with E-state index in [2.05, 4.69) is 15.9 Å². The molecule has 0 aliphatic heterocycles. The van der Waals surface area contributed by atoms with Crippen LogP contribution in [0.25, 0.3) is 0 Å². The smallest absolute Gasteiger partial charge is 0.169 e. The van der Waals surface area contributed by atoms with Crippen molar-refractivity contribution < 1.29 is 9.90 Å². The minimum atomic E-state index is -0.161. The molecule has 0 aliphatic rings. The first-order chi connectivity index (χ1) is 6.43. The maximum atomic E-state index is 11.6. The van der Waals surface area contributed by atoms with Gasteiger partial charge in [-0.15, -0.1) is 0 Å². The average Bonchev–Trinajstić information content (AvgIpc) is 2.09. The summed E-state index contributed by atoms with van der Waals surface area (Å²) in [6.45, 7) is 3.55. The molecule has 76 valence electrons. The zero-order valence-electron chi connectivity index (χ0n) is 7.84. The second-order valence-electron chi connectivity index (χ2n) is 3.30. The van der Waals surface area contributed by atoms with Gasteiger partial charge in [0.1, 0.15) is 5.75 Å². The number of ketones is 1. The lowest BCUT2D eigenvalue weighted by molar-refractivity contribution is 0.0936. The lowest BCUT2D eigenvalue weighted by atomic mass is 10.0. The van der Waals surface area contributed by atoms with E-state index in [1.54, 1.807) is 19.9 Å². The summed E-state index contributed by atoms with van der Waals surface area (Å²) in [4.78, 5) is 11.6. The topological polar surface area (TPSA) is 37.3 Å². The molecule has 1 N–H and O–H groups in total. The maximum Gasteiger partial charge on any atom is 0.169 e. The fourth-order valence-electron chi connectivity index (χ4n) is 1.06. The normalized spacial score (nSPS) is 10.6. The van der Waals surface area contributed by atoms with Gasteiger partial charge in [-0.3, -0.25) is 4.79 Å². The number of rotatable bonds is 2. The summed E-state index contributed by atoms with van der Waals surface area (Å²) in [5.74, 6) is -0.329. The van der Waals surface area contributed by atoms with Crippen molar-refractivity contribution in [3.63, 3.8) is 0 Å². The number of hydrogen-bond acceptors (Lipinski definition) is 2. The lowest BCUT2D eigenvalue weighted by Crippen LogP contribution is -2.07. The third kappa shape index (κ3) is 2.28. The minimum absolute atomic E-state index is 0.0481. The summed E-state index contributed by atoms with van der Waals surface area (Å²) in [5.41, 5.74) is 0.263. The van der Waals surface area contributed by atoms with Crippen LogP contribution in [0.1, 0.15) is 24.2 Å². The fourth-order valence-corrected chi connectivity index (χ4v) is 1.88. The zero-order chi connectivity index (χ0) is 10.9. The number of phenolic OH excluding ortho intramolecular Hbond substituents is 1. The second kappa shape index (κ2) is 4.32. The average molecular weight is 278 g/mol. The zero-order valence-corrected chi connectivity index (χ0v) is 10.2. The van der Waals surface area contributed by atoms with Gasteiger partial charge in [-0.1, -0.05) is 25.4 Å². The van der Waals surface area contributed by atoms with Gasteiger partial charge in [0.15, 0.2) is 5.78 Å². The molecular formula is C10H10BrClO2. The van der Waals surface area contributed by atoms with E-state index in [1.807, 2.05) is 0 Å². The van der Waals surface area contributed by atoms with Crippen molar-refractivity contribution in [2.75, 3.05) is 0 Å². The standard InChI is InChI=1S/C10H10BrClO2/c1-5(2)9(13)7-3-6(12)4-8(11)10(7)14/h3-5,14H,1-2H3. The molecule has 0 amide bonds. The van der Waals surface area contributed by atoms with Crippen molar-refractivity contribution in [2.24, 2.45) is 5.92 Å². The van der Waals surface area contributed by atoms with E-state index in [-0.39, 0.29) is 23.0 Å². The van der Waals surface area contributed by atoms with Crippen molar-refractivity contribution in [1.29, 1.82) is 0 Å². The van der Waals surface area contributed by atoms with E-state index in [0.29, 0.717) is 9.50 Å². The largest absolute Gasteiger partial charge is 0.506 e. The van der Waals surface area contributed by atoms with Crippen LogP contribution in [0, 0.1) is 5.92 Å². The van der Waals surface area contributed by atoms with Gasteiger partial charge in [0, 0.05) is 10.9 Å². The summed E-state index contributed by atoms with van der Waals surface area (Å²) in [5, 5.41) is 10.0. The van der Waals surface area contributed by atoms with Crippen molar-refractivity contribution in [2.45, 2.75) is 13.8 Å². The highest BCUT2D eigenvalue weighted by Gasteiger charge is 2.17. The fraction of sp³-hybridized carbons (Fsp3) is 0.300. The monoisotopic (exact) mass is 276 g/mol. The van der Waals surface area contributed by atoms with Gasteiger partial charge in [-0.05, 0) is 28.1 Å². The third-order valence-electron chi connectivity index (χ3n) is 1.82. The van der Waals surface area contributed by atoms with Crippen molar-refractivity contribution in [3.8, 4) is 5.75 Å². The Kier molecular flexibility index (Phi) is 3.56. The summed E-state index contributed by atoms with van der Waals surface area (Å²) < 4.78 is 0.439. The summed E-state index contributed by atoms with van der Waals surface area (Å²) >= 11 is 8.91. The van der Waals surface area contributed by atoms with Crippen LogP contribution in [0.3, 0.4) is 0 Å². The number of Topliss-reactive ketones (excluding diaryl/α,β-unsaturated/α-hetero) is 1. The van der Waals surface area contributed by atoms with E-state index >= 15 is 0 Å². The molecule has 4 heteroatoms. The Morgan fingerprint density at radius 1 is 1.50 bits per heavy atom. The molecule has 1 aromatic rings. The van der Waals surface area contributed by atoms with Crippen molar-refractivity contribution in [1.82, 2.24) is 0 Å². The van der Waals surface area contributed by atoms with Crippen LogP contribution in [-0.2, 0) is 0 Å². The van der Waals surface area contributed by atoms with Gasteiger partial charge in [0.05, 0.1) is 10.0 Å². The molecule has 0 unspecified atom stereocenters. The number of aromatic hydroxyl groups is 1. The molecule has 1 rings (SSSR count). The Morgan fingerprint density at radius 3 is 2.57 bits per heavy atom.